The van der Waals surface area contributed by atoms with Gasteiger partial charge in [0.15, 0.2) is 0 Å². The molecule has 0 aliphatic carbocycles. The first kappa shape index (κ1) is 9.42. The molecular formula is C7H6Br2OS. The molecule has 0 heterocycles. The number of aromatic hydroxyl groups is 1. The fraction of sp³-hybridized carbons (Fsp3) is 0.143. The molecule has 0 saturated carbocycles. The Bertz CT molecular complexity index is 252. The topological polar surface area (TPSA) is 20.2 Å². The van der Waals surface area contributed by atoms with E-state index in [9.17, 15) is 5.11 Å². The SMILES string of the molecule is Oc1c(Br)cc(CS)cc1Br. The first-order valence-corrected chi connectivity index (χ1v) is 5.14. The van der Waals surface area contributed by atoms with Crippen molar-refractivity contribution in [2.24, 2.45) is 0 Å². The molecule has 60 valence electrons. The number of hydrogen-bond donors (Lipinski definition) is 2. The summed E-state index contributed by atoms with van der Waals surface area (Å²) in [6.07, 6.45) is 0. The van der Waals surface area contributed by atoms with Crippen molar-refractivity contribution in [1.29, 1.82) is 0 Å². The van der Waals surface area contributed by atoms with Crippen molar-refractivity contribution in [2.75, 3.05) is 0 Å². The zero-order chi connectivity index (χ0) is 8.43. The number of thiol groups is 1. The molecule has 0 atom stereocenters. The highest BCUT2D eigenvalue weighted by Gasteiger charge is 2.03. The maximum Gasteiger partial charge on any atom is 0.143 e. The Morgan fingerprint density at radius 1 is 1.27 bits per heavy atom. The fourth-order valence-electron chi connectivity index (χ4n) is 0.709. The second-order valence-corrected chi connectivity index (χ2v) is 4.09. The van der Waals surface area contributed by atoms with Gasteiger partial charge in [-0.15, -0.1) is 0 Å². The van der Waals surface area contributed by atoms with Crippen molar-refractivity contribution < 1.29 is 5.11 Å². The molecule has 0 saturated heterocycles. The molecular weight excluding hydrogens is 292 g/mol. The maximum absolute atomic E-state index is 9.31. The van der Waals surface area contributed by atoms with Gasteiger partial charge in [0.1, 0.15) is 5.75 Å². The molecule has 1 rings (SSSR count). The Kier molecular flexibility index (Phi) is 3.28. The van der Waals surface area contributed by atoms with Crippen LogP contribution in [0.3, 0.4) is 0 Å². The lowest BCUT2D eigenvalue weighted by atomic mass is 10.2. The third kappa shape index (κ3) is 2.13. The zero-order valence-electron chi connectivity index (χ0n) is 5.51. The minimum absolute atomic E-state index is 0.232. The Labute approximate surface area is 87.5 Å². The Balaban J connectivity index is 3.21. The molecule has 0 fully saturated rings. The van der Waals surface area contributed by atoms with Crippen molar-refractivity contribution in [3.63, 3.8) is 0 Å². The lowest BCUT2D eigenvalue weighted by Gasteiger charge is -2.02. The molecule has 1 aromatic rings. The molecule has 11 heavy (non-hydrogen) atoms. The lowest BCUT2D eigenvalue weighted by Crippen LogP contribution is -1.79. The van der Waals surface area contributed by atoms with Gasteiger partial charge < -0.3 is 5.11 Å². The Morgan fingerprint density at radius 3 is 2.09 bits per heavy atom. The third-order valence-electron chi connectivity index (χ3n) is 1.26. The van der Waals surface area contributed by atoms with Gasteiger partial charge >= 0.3 is 0 Å². The molecule has 1 nitrogen and oxygen atoms in total. The average Bonchev–Trinajstić information content (AvgIpc) is 1.99. The van der Waals surface area contributed by atoms with Crippen molar-refractivity contribution >= 4 is 44.5 Å². The van der Waals surface area contributed by atoms with Crippen molar-refractivity contribution in [2.45, 2.75) is 5.75 Å². The number of benzene rings is 1. The summed E-state index contributed by atoms with van der Waals surface area (Å²) in [6, 6.07) is 3.68. The number of hydrogen-bond acceptors (Lipinski definition) is 2. The molecule has 1 N–H and O–H groups in total. The van der Waals surface area contributed by atoms with Crippen LogP contribution in [-0.4, -0.2) is 5.11 Å². The number of rotatable bonds is 1. The van der Waals surface area contributed by atoms with Crippen molar-refractivity contribution in [3.05, 3.63) is 26.6 Å². The highest BCUT2D eigenvalue weighted by Crippen LogP contribution is 2.33. The molecule has 0 spiro atoms. The van der Waals surface area contributed by atoms with Crippen LogP contribution in [0.5, 0.6) is 5.75 Å². The van der Waals surface area contributed by atoms with Crippen molar-refractivity contribution in [1.82, 2.24) is 0 Å². The summed E-state index contributed by atoms with van der Waals surface area (Å²) in [4.78, 5) is 0. The van der Waals surface area contributed by atoms with Gasteiger partial charge in [-0.2, -0.15) is 12.6 Å². The van der Waals surface area contributed by atoms with Gasteiger partial charge in [-0.1, -0.05) is 0 Å². The first-order valence-electron chi connectivity index (χ1n) is 2.93. The van der Waals surface area contributed by atoms with Gasteiger partial charge in [0, 0.05) is 5.75 Å². The summed E-state index contributed by atoms with van der Waals surface area (Å²) in [7, 11) is 0. The molecule has 1 aromatic carbocycles. The van der Waals surface area contributed by atoms with Gasteiger partial charge in [0.25, 0.3) is 0 Å². The van der Waals surface area contributed by atoms with Crippen LogP contribution in [0.1, 0.15) is 5.56 Å². The molecule has 4 heteroatoms. The van der Waals surface area contributed by atoms with Gasteiger partial charge in [0.05, 0.1) is 8.95 Å². The smallest absolute Gasteiger partial charge is 0.143 e. The van der Waals surface area contributed by atoms with E-state index in [1.54, 1.807) is 0 Å². The third-order valence-corrected chi connectivity index (χ3v) is 2.83. The van der Waals surface area contributed by atoms with Gasteiger partial charge in [-0.05, 0) is 49.6 Å². The van der Waals surface area contributed by atoms with E-state index in [4.69, 9.17) is 0 Å². The minimum Gasteiger partial charge on any atom is -0.506 e. The largest absolute Gasteiger partial charge is 0.506 e. The number of phenolic OH excluding ortho intramolecular Hbond substituents is 1. The second-order valence-electron chi connectivity index (χ2n) is 2.07. The van der Waals surface area contributed by atoms with E-state index in [0.29, 0.717) is 14.7 Å². The fourth-order valence-corrected chi connectivity index (χ4v) is 2.17. The van der Waals surface area contributed by atoms with E-state index < -0.39 is 0 Å². The zero-order valence-corrected chi connectivity index (χ0v) is 9.58. The molecule has 0 bridgehead atoms. The highest BCUT2D eigenvalue weighted by atomic mass is 79.9. The van der Waals surface area contributed by atoms with Crippen LogP contribution < -0.4 is 0 Å². The van der Waals surface area contributed by atoms with E-state index in [0.717, 1.165) is 5.56 Å². The molecule has 0 amide bonds. The van der Waals surface area contributed by atoms with Crippen LogP contribution in [0.25, 0.3) is 0 Å². The first-order chi connectivity index (χ1) is 5.15. The van der Waals surface area contributed by atoms with Crippen LogP contribution in [0.2, 0.25) is 0 Å². The summed E-state index contributed by atoms with van der Waals surface area (Å²) >= 11 is 10.6. The van der Waals surface area contributed by atoms with Crippen LogP contribution in [0, 0.1) is 0 Å². The van der Waals surface area contributed by atoms with Crippen LogP contribution >= 0.6 is 44.5 Å². The van der Waals surface area contributed by atoms with Crippen LogP contribution in [0.15, 0.2) is 21.1 Å². The van der Waals surface area contributed by atoms with Gasteiger partial charge in [-0.3, -0.25) is 0 Å². The van der Waals surface area contributed by atoms with E-state index in [2.05, 4.69) is 44.5 Å². The maximum atomic E-state index is 9.31. The van der Waals surface area contributed by atoms with E-state index in [1.807, 2.05) is 12.1 Å². The van der Waals surface area contributed by atoms with Crippen LogP contribution in [-0.2, 0) is 5.75 Å². The summed E-state index contributed by atoms with van der Waals surface area (Å²) in [5.74, 6) is 0.896. The average molecular weight is 298 g/mol. The summed E-state index contributed by atoms with van der Waals surface area (Å²) in [6.45, 7) is 0. The molecule has 0 unspecified atom stereocenters. The molecule has 0 aliphatic heterocycles. The van der Waals surface area contributed by atoms with Gasteiger partial charge in [-0.25, -0.2) is 0 Å². The standard InChI is InChI=1S/C7H6Br2OS/c8-5-1-4(3-11)2-6(9)7(5)10/h1-2,10-11H,3H2. The summed E-state index contributed by atoms with van der Waals surface area (Å²) in [5.41, 5.74) is 1.06. The predicted molar refractivity (Wildman–Crippen MR) is 56.2 cm³/mol. The summed E-state index contributed by atoms with van der Waals surface area (Å²) < 4.78 is 1.38. The quantitative estimate of drug-likeness (QED) is 0.762. The highest BCUT2D eigenvalue weighted by molar-refractivity contribution is 9.11. The Morgan fingerprint density at radius 2 is 1.73 bits per heavy atom. The number of phenols is 1. The molecule has 0 aliphatic rings. The number of halogens is 2. The normalized spacial score (nSPS) is 10.1. The van der Waals surface area contributed by atoms with E-state index >= 15 is 0 Å². The van der Waals surface area contributed by atoms with E-state index in [-0.39, 0.29) is 5.75 Å². The minimum atomic E-state index is 0.232. The van der Waals surface area contributed by atoms with Crippen molar-refractivity contribution in [3.8, 4) is 5.75 Å². The summed E-state index contributed by atoms with van der Waals surface area (Å²) in [5, 5.41) is 9.31. The monoisotopic (exact) mass is 296 g/mol. The second kappa shape index (κ2) is 3.83. The van der Waals surface area contributed by atoms with Gasteiger partial charge in [0.2, 0.25) is 0 Å². The molecule has 0 aromatic heterocycles. The Hall–Kier alpha value is 0.330. The predicted octanol–water partition coefficient (Wildman–Crippen LogP) is 3.35. The van der Waals surface area contributed by atoms with Crippen LogP contribution in [0.4, 0.5) is 0 Å². The molecule has 0 radical (unpaired) electrons. The van der Waals surface area contributed by atoms with E-state index in [1.165, 1.54) is 0 Å². The lowest BCUT2D eigenvalue weighted by molar-refractivity contribution is 0.468.